The van der Waals surface area contributed by atoms with Gasteiger partial charge in [0, 0.05) is 17.9 Å². The molecule has 0 saturated heterocycles. The van der Waals surface area contributed by atoms with Crippen LogP contribution in [0.25, 0.3) is 0 Å². The summed E-state index contributed by atoms with van der Waals surface area (Å²) in [6.07, 6.45) is 10.2. The number of thiazole rings is 1. The minimum absolute atomic E-state index is 0.0116. The molecule has 1 aromatic rings. The Morgan fingerprint density at radius 3 is 2.91 bits per heavy atom. The summed E-state index contributed by atoms with van der Waals surface area (Å²) < 4.78 is 0. The highest BCUT2D eigenvalue weighted by Crippen LogP contribution is 2.48. The van der Waals surface area contributed by atoms with Gasteiger partial charge in [0.15, 0.2) is 6.19 Å². The Morgan fingerprint density at radius 1 is 1.43 bits per heavy atom. The molecule has 1 amide bonds. The lowest BCUT2D eigenvalue weighted by Gasteiger charge is -2.37. The predicted octanol–water partition coefficient (Wildman–Crippen LogP) is 3.61. The van der Waals surface area contributed by atoms with Gasteiger partial charge >= 0.3 is 0 Å². The Morgan fingerprint density at radius 2 is 2.22 bits per heavy atom. The Bertz CT molecular complexity index is 612. The maximum atomic E-state index is 12.2. The van der Waals surface area contributed by atoms with Gasteiger partial charge in [0.1, 0.15) is 5.00 Å². The van der Waals surface area contributed by atoms with Crippen LogP contribution in [0.4, 0.5) is 5.00 Å². The van der Waals surface area contributed by atoms with Crippen molar-refractivity contribution in [3.63, 3.8) is 0 Å². The fourth-order valence-electron chi connectivity index (χ4n) is 3.72. The second kappa shape index (κ2) is 6.48. The van der Waals surface area contributed by atoms with E-state index in [2.05, 4.69) is 29.5 Å². The van der Waals surface area contributed by atoms with Crippen molar-refractivity contribution in [2.24, 2.45) is 11.3 Å². The zero-order valence-corrected chi connectivity index (χ0v) is 14.6. The van der Waals surface area contributed by atoms with Crippen LogP contribution in [0, 0.1) is 22.8 Å². The summed E-state index contributed by atoms with van der Waals surface area (Å²) in [5, 5.41) is 16.3. The molecule has 1 atom stereocenters. The number of hydrogen-bond acceptors (Lipinski definition) is 5. The highest BCUT2D eigenvalue weighted by molar-refractivity contribution is 7.15. The van der Waals surface area contributed by atoms with Gasteiger partial charge in [-0.2, -0.15) is 5.26 Å². The van der Waals surface area contributed by atoms with Crippen LogP contribution in [0.5, 0.6) is 0 Å². The number of nitrogens with zero attached hydrogens (tertiary/aromatic N) is 2. The third kappa shape index (κ3) is 3.50. The third-order valence-electron chi connectivity index (χ3n) is 5.35. The molecule has 2 N–H and O–H groups in total. The maximum Gasteiger partial charge on any atom is 0.228 e. The van der Waals surface area contributed by atoms with Crippen molar-refractivity contribution in [2.75, 3.05) is 5.32 Å². The summed E-state index contributed by atoms with van der Waals surface area (Å²) in [5.74, 6) is 0.566. The number of nitrogens with one attached hydrogen (secondary N) is 2. The van der Waals surface area contributed by atoms with Crippen LogP contribution in [0.15, 0.2) is 6.20 Å². The summed E-state index contributed by atoms with van der Waals surface area (Å²) in [5.41, 5.74) is 0.293. The molecule has 0 spiro atoms. The van der Waals surface area contributed by atoms with Crippen LogP contribution < -0.4 is 10.6 Å². The molecule has 6 heteroatoms. The van der Waals surface area contributed by atoms with Crippen LogP contribution in [0.1, 0.15) is 63.3 Å². The Balaban J connectivity index is 1.58. The Labute approximate surface area is 141 Å². The standard InChI is InChI=1S/C17H24N4OS/c1-17(2)6-4-3-5-13(17)16-19-9-14(23-16)21-15(22)11-7-12(8-11)20-10-18/h9,11-13,20H,3-8H2,1-2H3,(H,21,22)/t11?,12?,13-/m0/s1. The molecule has 124 valence electrons. The van der Waals surface area contributed by atoms with Crippen molar-refractivity contribution >= 4 is 22.2 Å². The summed E-state index contributed by atoms with van der Waals surface area (Å²) in [6.45, 7) is 4.65. The van der Waals surface area contributed by atoms with Crippen LogP contribution in [0.2, 0.25) is 0 Å². The van der Waals surface area contributed by atoms with E-state index >= 15 is 0 Å². The topological polar surface area (TPSA) is 77.8 Å². The van der Waals surface area contributed by atoms with E-state index in [4.69, 9.17) is 5.26 Å². The number of amides is 1. The van der Waals surface area contributed by atoms with E-state index in [0.29, 0.717) is 11.3 Å². The first-order valence-electron chi connectivity index (χ1n) is 8.41. The molecule has 3 rings (SSSR count). The number of nitriles is 1. The number of aromatic nitrogens is 1. The minimum Gasteiger partial charge on any atom is -0.321 e. The molecule has 2 saturated carbocycles. The molecule has 0 bridgehead atoms. The van der Waals surface area contributed by atoms with E-state index in [1.807, 2.05) is 6.19 Å². The Kier molecular flexibility index (Phi) is 4.58. The first-order valence-corrected chi connectivity index (χ1v) is 9.22. The van der Waals surface area contributed by atoms with Crippen molar-refractivity contribution < 1.29 is 4.79 Å². The van der Waals surface area contributed by atoms with Crippen molar-refractivity contribution in [3.8, 4) is 6.19 Å². The zero-order valence-electron chi connectivity index (χ0n) is 13.8. The van der Waals surface area contributed by atoms with E-state index in [1.165, 1.54) is 25.7 Å². The highest BCUT2D eigenvalue weighted by atomic mass is 32.1. The van der Waals surface area contributed by atoms with Crippen LogP contribution in [-0.4, -0.2) is 16.9 Å². The van der Waals surface area contributed by atoms with E-state index in [0.717, 1.165) is 22.9 Å². The first kappa shape index (κ1) is 16.3. The molecule has 5 nitrogen and oxygen atoms in total. The number of carbonyl (C=O) groups is 1. The Hall–Kier alpha value is -1.61. The first-order chi connectivity index (χ1) is 11.0. The largest absolute Gasteiger partial charge is 0.321 e. The van der Waals surface area contributed by atoms with Gasteiger partial charge in [-0.25, -0.2) is 4.98 Å². The van der Waals surface area contributed by atoms with Crippen LogP contribution >= 0.6 is 11.3 Å². The summed E-state index contributed by atoms with van der Waals surface area (Å²) in [7, 11) is 0. The molecular weight excluding hydrogens is 308 g/mol. The molecule has 1 aromatic heterocycles. The molecule has 2 aliphatic carbocycles. The molecule has 0 radical (unpaired) electrons. The maximum absolute atomic E-state index is 12.2. The summed E-state index contributed by atoms with van der Waals surface area (Å²) >= 11 is 1.62. The summed E-state index contributed by atoms with van der Waals surface area (Å²) in [4.78, 5) is 16.8. The third-order valence-corrected chi connectivity index (χ3v) is 6.38. The molecule has 0 unspecified atom stereocenters. The van der Waals surface area contributed by atoms with Crippen LogP contribution in [-0.2, 0) is 4.79 Å². The number of hydrogen-bond donors (Lipinski definition) is 2. The van der Waals surface area contributed by atoms with Gasteiger partial charge in [0.05, 0.1) is 11.2 Å². The van der Waals surface area contributed by atoms with Gasteiger partial charge < -0.3 is 10.6 Å². The predicted molar refractivity (Wildman–Crippen MR) is 91.0 cm³/mol. The van der Waals surface area contributed by atoms with Crippen molar-refractivity contribution in [1.82, 2.24) is 10.3 Å². The van der Waals surface area contributed by atoms with Crippen molar-refractivity contribution in [2.45, 2.75) is 64.3 Å². The van der Waals surface area contributed by atoms with Gasteiger partial charge in [-0.05, 0) is 31.1 Å². The SMILES string of the molecule is CC1(C)CCCC[C@H]1c1ncc(NC(=O)C2CC(NC#N)C2)s1. The molecule has 0 aromatic carbocycles. The molecule has 23 heavy (non-hydrogen) atoms. The number of carbonyl (C=O) groups excluding carboxylic acids is 1. The van der Waals surface area contributed by atoms with Gasteiger partial charge in [0.2, 0.25) is 5.91 Å². The highest BCUT2D eigenvalue weighted by Gasteiger charge is 2.36. The van der Waals surface area contributed by atoms with E-state index in [-0.39, 0.29) is 17.9 Å². The van der Waals surface area contributed by atoms with Crippen molar-refractivity contribution in [1.29, 1.82) is 5.26 Å². The fraction of sp³-hybridized carbons (Fsp3) is 0.706. The zero-order chi connectivity index (χ0) is 16.4. The van der Waals surface area contributed by atoms with Gasteiger partial charge in [-0.1, -0.05) is 26.7 Å². The second-order valence-electron chi connectivity index (χ2n) is 7.46. The average molecular weight is 332 g/mol. The lowest BCUT2D eigenvalue weighted by molar-refractivity contribution is -0.122. The molecule has 2 fully saturated rings. The second-order valence-corrected chi connectivity index (χ2v) is 8.52. The molecule has 1 heterocycles. The van der Waals surface area contributed by atoms with E-state index in [1.54, 1.807) is 17.5 Å². The van der Waals surface area contributed by atoms with Crippen LogP contribution in [0.3, 0.4) is 0 Å². The van der Waals surface area contributed by atoms with E-state index in [9.17, 15) is 4.79 Å². The fourth-order valence-corrected chi connectivity index (χ4v) is 4.89. The number of anilines is 1. The lowest BCUT2D eigenvalue weighted by atomic mass is 9.69. The van der Waals surface area contributed by atoms with E-state index < -0.39 is 0 Å². The minimum atomic E-state index is 0.0116. The average Bonchev–Trinajstić information content (AvgIpc) is 2.89. The van der Waals surface area contributed by atoms with Gasteiger partial charge in [-0.15, -0.1) is 11.3 Å². The molecular formula is C17H24N4OS. The lowest BCUT2D eigenvalue weighted by Crippen LogP contribution is -2.44. The molecule has 2 aliphatic rings. The van der Waals surface area contributed by atoms with Crippen molar-refractivity contribution in [3.05, 3.63) is 11.2 Å². The van der Waals surface area contributed by atoms with Gasteiger partial charge in [-0.3, -0.25) is 4.79 Å². The normalized spacial score (nSPS) is 29.2. The van der Waals surface area contributed by atoms with Gasteiger partial charge in [0.25, 0.3) is 0 Å². The molecule has 0 aliphatic heterocycles. The smallest absolute Gasteiger partial charge is 0.228 e. The summed E-state index contributed by atoms with van der Waals surface area (Å²) in [6, 6.07) is 0.163. The monoisotopic (exact) mass is 332 g/mol. The quantitative estimate of drug-likeness (QED) is 0.652. The number of rotatable bonds is 4.